The summed E-state index contributed by atoms with van der Waals surface area (Å²) >= 11 is 0. The predicted octanol–water partition coefficient (Wildman–Crippen LogP) is 3.98. The van der Waals surface area contributed by atoms with Gasteiger partial charge in [-0.05, 0) is 25.1 Å². The molecule has 10 heteroatoms. The van der Waals surface area contributed by atoms with Crippen LogP contribution < -0.4 is 19.5 Å². The van der Waals surface area contributed by atoms with Crippen molar-refractivity contribution in [1.29, 1.82) is 0 Å². The summed E-state index contributed by atoms with van der Waals surface area (Å²) in [5.74, 6) is -1.25. The largest absolute Gasteiger partial charge is 0.493 e. The maximum absolute atomic E-state index is 13.5. The minimum absolute atomic E-state index is 0.111. The van der Waals surface area contributed by atoms with Gasteiger partial charge in [-0.25, -0.2) is 18.7 Å². The molecule has 0 aliphatic heterocycles. The average molecular weight is 459 g/mol. The van der Waals surface area contributed by atoms with Gasteiger partial charge in [0.15, 0.2) is 17.1 Å². The number of amides is 1. The van der Waals surface area contributed by atoms with Crippen LogP contribution in [0.4, 0.5) is 8.78 Å². The highest BCUT2D eigenvalue weighted by Crippen LogP contribution is 2.76. The Labute approximate surface area is 188 Å². The molecule has 2 aliphatic carbocycles. The number of benzene rings is 1. The smallest absolute Gasteiger partial charge is 0.258 e. The molecule has 5 rings (SSSR count). The van der Waals surface area contributed by atoms with Crippen LogP contribution in [-0.2, 0) is 4.79 Å². The van der Waals surface area contributed by atoms with Gasteiger partial charge >= 0.3 is 0 Å². The summed E-state index contributed by atoms with van der Waals surface area (Å²) in [7, 11) is 1.49. The number of oxazole rings is 1. The molecular formula is C23H23F2N3O5. The topological polar surface area (TPSA) is 95.7 Å². The number of nitrogens with one attached hydrogen (secondary N) is 1. The Morgan fingerprint density at radius 2 is 2.12 bits per heavy atom. The van der Waals surface area contributed by atoms with E-state index in [4.69, 9.17) is 18.6 Å². The van der Waals surface area contributed by atoms with Crippen molar-refractivity contribution in [2.45, 2.75) is 44.8 Å². The zero-order valence-corrected chi connectivity index (χ0v) is 18.4. The first-order chi connectivity index (χ1) is 15.7. The fourth-order valence-corrected chi connectivity index (χ4v) is 4.02. The maximum atomic E-state index is 13.5. The fraction of sp³-hybridized carbons (Fsp3) is 0.435. The molecule has 0 bridgehead atoms. The van der Waals surface area contributed by atoms with Gasteiger partial charge in [0.2, 0.25) is 17.7 Å². The number of pyridine rings is 1. The third kappa shape index (κ3) is 3.94. The molecule has 0 radical (unpaired) electrons. The number of halogens is 2. The molecule has 8 nitrogen and oxygen atoms in total. The van der Waals surface area contributed by atoms with Crippen LogP contribution in [0.5, 0.6) is 17.4 Å². The van der Waals surface area contributed by atoms with Gasteiger partial charge in [-0.3, -0.25) is 4.79 Å². The second-order valence-corrected chi connectivity index (χ2v) is 8.64. The zero-order valence-electron chi connectivity index (χ0n) is 18.4. The van der Waals surface area contributed by atoms with Crippen molar-refractivity contribution in [3.05, 3.63) is 30.5 Å². The van der Waals surface area contributed by atoms with Crippen molar-refractivity contribution in [1.82, 2.24) is 15.3 Å². The molecule has 0 saturated heterocycles. The van der Waals surface area contributed by atoms with Crippen LogP contribution in [-0.4, -0.2) is 47.7 Å². The van der Waals surface area contributed by atoms with Crippen molar-refractivity contribution in [3.63, 3.8) is 0 Å². The summed E-state index contributed by atoms with van der Waals surface area (Å²) < 4.78 is 49.7. The number of aromatic nitrogens is 2. The van der Waals surface area contributed by atoms with Crippen LogP contribution in [0.25, 0.3) is 22.6 Å². The molecule has 2 saturated carbocycles. The quantitative estimate of drug-likeness (QED) is 0.544. The van der Waals surface area contributed by atoms with Crippen LogP contribution in [0.3, 0.4) is 0 Å². The molecule has 3 aromatic rings. The third-order valence-corrected chi connectivity index (χ3v) is 6.01. The van der Waals surface area contributed by atoms with E-state index in [1.54, 1.807) is 24.3 Å². The van der Waals surface area contributed by atoms with Crippen molar-refractivity contribution in [3.8, 4) is 28.8 Å². The third-order valence-electron chi connectivity index (χ3n) is 6.01. The number of alkyl halides is 2. The number of carbonyl (C=O) groups is 1. The van der Waals surface area contributed by atoms with Gasteiger partial charge in [-0.1, -0.05) is 0 Å². The van der Waals surface area contributed by atoms with E-state index in [1.165, 1.54) is 20.2 Å². The minimum atomic E-state index is -2.62. The van der Waals surface area contributed by atoms with E-state index in [1.807, 2.05) is 6.92 Å². The van der Waals surface area contributed by atoms with E-state index in [9.17, 15) is 13.6 Å². The normalized spacial score (nSPS) is 23.2. The lowest BCUT2D eigenvalue weighted by Crippen LogP contribution is -2.35. The van der Waals surface area contributed by atoms with Gasteiger partial charge in [0.25, 0.3) is 5.92 Å². The molecule has 174 valence electrons. The Bertz CT molecular complexity index is 1230. The van der Waals surface area contributed by atoms with E-state index >= 15 is 0 Å². The highest BCUT2D eigenvalue weighted by Gasteiger charge is 2.85. The van der Waals surface area contributed by atoms with Gasteiger partial charge in [0.05, 0.1) is 24.8 Å². The molecule has 2 heterocycles. The van der Waals surface area contributed by atoms with Crippen molar-refractivity contribution >= 4 is 17.0 Å². The summed E-state index contributed by atoms with van der Waals surface area (Å²) in [4.78, 5) is 19.8. The Balaban J connectivity index is 1.31. The molecule has 1 amide bonds. The summed E-state index contributed by atoms with van der Waals surface area (Å²) in [5.41, 5.74) is 0.683. The lowest BCUT2D eigenvalue weighted by atomic mass is 10.2. The molecule has 1 aromatic carbocycles. The van der Waals surface area contributed by atoms with Gasteiger partial charge in [0, 0.05) is 31.4 Å². The number of hydrogen-bond acceptors (Lipinski definition) is 7. The van der Waals surface area contributed by atoms with Crippen molar-refractivity contribution < 1.29 is 32.2 Å². The molecule has 2 aliphatic rings. The van der Waals surface area contributed by atoms with Gasteiger partial charge in [0.1, 0.15) is 18.2 Å². The van der Waals surface area contributed by atoms with E-state index in [-0.39, 0.29) is 25.0 Å². The van der Waals surface area contributed by atoms with Crippen LogP contribution in [0.1, 0.15) is 26.7 Å². The summed E-state index contributed by atoms with van der Waals surface area (Å²) in [5, 5.41) is 2.73. The number of fused-ring (bicyclic) bond motifs is 1. The summed E-state index contributed by atoms with van der Waals surface area (Å²) in [6, 6.07) is 6.56. The number of rotatable bonds is 8. The summed E-state index contributed by atoms with van der Waals surface area (Å²) in [6.45, 7) is 3.52. The zero-order chi connectivity index (χ0) is 23.4. The lowest BCUT2D eigenvalue weighted by Gasteiger charge is -2.12. The van der Waals surface area contributed by atoms with Crippen LogP contribution in [0, 0.1) is 5.41 Å². The molecule has 2 aromatic heterocycles. The van der Waals surface area contributed by atoms with Crippen LogP contribution >= 0.6 is 0 Å². The van der Waals surface area contributed by atoms with E-state index in [2.05, 4.69) is 15.3 Å². The Hall–Kier alpha value is -3.43. The molecule has 1 N–H and O–H groups in total. The lowest BCUT2D eigenvalue weighted by molar-refractivity contribution is -0.119. The molecular weight excluding hydrogens is 436 g/mol. The standard InChI is InChI=1S/C23H23F2N3O5/c1-12(27-13(2)29)10-31-20-7-17-15(9-26-20)28-21(33-17)14-4-5-16(18(6-14)30-3)32-19-8-22(19)11-23(22,24)25/h4-7,9,12,19H,8,10-11H2,1-3H3,(H,27,29)/t12-,19+,22?/m0/s1. The number of hydrogen-bond donors (Lipinski definition) is 1. The Kier molecular flexibility index (Phi) is 4.91. The second kappa shape index (κ2) is 7.57. The first kappa shape index (κ1) is 21.4. The Morgan fingerprint density at radius 1 is 1.33 bits per heavy atom. The molecule has 1 unspecified atom stereocenters. The van der Waals surface area contributed by atoms with Crippen molar-refractivity contribution in [2.75, 3.05) is 13.7 Å². The molecule has 33 heavy (non-hydrogen) atoms. The van der Waals surface area contributed by atoms with Gasteiger partial charge in [-0.2, -0.15) is 0 Å². The maximum Gasteiger partial charge on any atom is 0.258 e. The highest BCUT2D eigenvalue weighted by atomic mass is 19.3. The van der Waals surface area contributed by atoms with E-state index in [0.29, 0.717) is 46.4 Å². The van der Waals surface area contributed by atoms with E-state index in [0.717, 1.165) is 0 Å². The molecule has 1 spiro atoms. The highest BCUT2D eigenvalue weighted by molar-refractivity contribution is 5.76. The number of methoxy groups -OCH3 is 1. The molecule has 2 fully saturated rings. The van der Waals surface area contributed by atoms with E-state index < -0.39 is 17.4 Å². The number of ether oxygens (including phenoxy) is 3. The predicted molar refractivity (Wildman–Crippen MR) is 114 cm³/mol. The Morgan fingerprint density at radius 3 is 2.79 bits per heavy atom. The van der Waals surface area contributed by atoms with Crippen LogP contribution in [0.2, 0.25) is 0 Å². The first-order valence-corrected chi connectivity index (χ1v) is 10.6. The fourth-order valence-electron chi connectivity index (χ4n) is 4.02. The SMILES string of the molecule is COc1cc(-c2nc3cnc(OC[C@H](C)NC(C)=O)cc3o2)ccc1O[C@@H]1CC12CC2(F)F. The second-order valence-electron chi connectivity index (χ2n) is 8.64. The molecule has 3 atom stereocenters. The van der Waals surface area contributed by atoms with Gasteiger partial charge < -0.3 is 23.9 Å². The summed E-state index contributed by atoms with van der Waals surface area (Å²) in [6.07, 6.45) is 1.30. The van der Waals surface area contributed by atoms with Crippen LogP contribution in [0.15, 0.2) is 34.9 Å². The minimum Gasteiger partial charge on any atom is -0.493 e. The van der Waals surface area contributed by atoms with Gasteiger partial charge in [-0.15, -0.1) is 0 Å². The average Bonchev–Trinajstić information content (AvgIpc) is 3.51. The van der Waals surface area contributed by atoms with Crippen molar-refractivity contribution in [2.24, 2.45) is 5.41 Å². The number of nitrogens with zero attached hydrogens (tertiary/aromatic N) is 2. The monoisotopic (exact) mass is 459 g/mol. The first-order valence-electron chi connectivity index (χ1n) is 10.6. The number of carbonyl (C=O) groups excluding carboxylic acids is 1.